The number of ether oxygens (including phenoxy) is 1. The molecule has 0 aliphatic carbocycles. The van der Waals surface area contributed by atoms with Gasteiger partial charge in [-0.25, -0.2) is 9.50 Å². The highest BCUT2D eigenvalue weighted by molar-refractivity contribution is 6.09. The lowest BCUT2D eigenvalue weighted by molar-refractivity contribution is -0.273. The number of rotatable bonds is 5. The molecule has 3 aromatic rings. The van der Waals surface area contributed by atoms with Gasteiger partial charge in [0.2, 0.25) is 0 Å². The first-order chi connectivity index (χ1) is 17.4. The number of aliphatic hydroxyl groups is 2. The number of nitrogens with zero attached hydrogens (tertiary/aromatic N) is 4. The highest BCUT2D eigenvalue weighted by atomic mass is 19.4. The van der Waals surface area contributed by atoms with Crippen LogP contribution in [0.1, 0.15) is 42.6 Å². The van der Waals surface area contributed by atoms with Crippen LogP contribution in [-0.4, -0.2) is 67.8 Å². The van der Waals surface area contributed by atoms with Crippen molar-refractivity contribution in [1.82, 2.24) is 14.6 Å². The Morgan fingerprint density at radius 1 is 1.30 bits per heavy atom. The third kappa shape index (κ3) is 4.48. The number of nitrogens with one attached hydrogen (secondary N) is 1. The summed E-state index contributed by atoms with van der Waals surface area (Å²) in [7, 11) is 0. The highest BCUT2D eigenvalue weighted by Crippen LogP contribution is 2.45. The second-order valence-corrected chi connectivity index (χ2v) is 10.2. The molecule has 198 valence electrons. The number of carbonyl (C=O) groups excluding carboxylic acids is 1. The van der Waals surface area contributed by atoms with Crippen LogP contribution in [0.5, 0.6) is 5.75 Å². The molecule has 4 heterocycles. The molecule has 1 fully saturated rings. The van der Waals surface area contributed by atoms with Crippen LogP contribution in [0.15, 0.2) is 36.8 Å². The number of hydrogen-bond donors (Lipinski definition) is 3. The van der Waals surface area contributed by atoms with E-state index in [2.05, 4.69) is 15.4 Å². The number of halogens is 3. The van der Waals surface area contributed by atoms with Crippen LogP contribution in [0, 0.1) is 5.92 Å². The number of fused-ring (bicyclic) bond motifs is 2. The molecule has 0 saturated carbocycles. The van der Waals surface area contributed by atoms with Gasteiger partial charge in [0.25, 0.3) is 5.91 Å². The molecule has 37 heavy (non-hydrogen) atoms. The van der Waals surface area contributed by atoms with Crippen molar-refractivity contribution < 1.29 is 32.9 Å². The summed E-state index contributed by atoms with van der Waals surface area (Å²) in [6.45, 7) is 2.88. The molecule has 2 atom stereocenters. The zero-order valence-electron chi connectivity index (χ0n) is 20.4. The van der Waals surface area contributed by atoms with Gasteiger partial charge in [-0.05, 0) is 44.7 Å². The van der Waals surface area contributed by atoms with Crippen molar-refractivity contribution in [3.05, 3.63) is 47.9 Å². The minimum Gasteiger partial charge on any atom is -0.484 e. The van der Waals surface area contributed by atoms with Crippen LogP contribution in [0.2, 0.25) is 0 Å². The van der Waals surface area contributed by atoms with Crippen LogP contribution in [-0.2, 0) is 6.42 Å². The van der Waals surface area contributed by atoms with Crippen LogP contribution in [0.25, 0.3) is 5.65 Å². The Bertz CT molecular complexity index is 1330. The van der Waals surface area contributed by atoms with E-state index in [0.717, 1.165) is 12.5 Å². The van der Waals surface area contributed by atoms with Crippen molar-refractivity contribution >= 4 is 22.9 Å². The molecule has 0 bridgehead atoms. The number of aliphatic hydroxyl groups excluding tert-OH is 1. The summed E-state index contributed by atoms with van der Waals surface area (Å²) in [6, 6.07) is 5.22. The monoisotopic (exact) mass is 519 g/mol. The molecule has 3 N–H and O–H groups in total. The van der Waals surface area contributed by atoms with Crippen LogP contribution in [0.4, 0.5) is 24.5 Å². The maximum Gasteiger partial charge on any atom is 0.417 e. The zero-order valence-corrected chi connectivity index (χ0v) is 20.4. The summed E-state index contributed by atoms with van der Waals surface area (Å²) < 4.78 is 47.6. The van der Waals surface area contributed by atoms with E-state index in [1.54, 1.807) is 37.5 Å². The predicted molar refractivity (Wildman–Crippen MR) is 129 cm³/mol. The number of carbonyl (C=O) groups is 1. The number of amides is 1. The van der Waals surface area contributed by atoms with Crippen LogP contribution >= 0.6 is 0 Å². The van der Waals surface area contributed by atoms with E-state index in [4.69, 9.17) is 4.74 Å². The molecule has 0 unspecified atom stereocenters. The van der Waals surface area contributed by atoms with Crippen LogP contribution in [0.3, 0.4) is 0 Å². The molecule has 0 spiro atoms. The van der Waals surface area contributed by atoms with E-state index >= 15 is 0 Å². The topological polar surface area (TPSA) is 112 Å². The summed E-state index contributed by atoms with van der Waals surface area (Å²) in [4.78, 5) is 19.4. The van der Waals surface area contributed by atoms with Crippen molar-refractivity contribution in [3.63, 3.8) is 0 Å². The fourth-order valence-electron chi connectivity index (χ4n) is 5.09. The maximum atomic E-state index is 13.4. The fourth-order valence-corrected chi connectivity index (χ4v) is 5.09. The largest absolute Gasteiger partial charge is 0.484 e. The molecule has 2 aliphatic rings. The van der Waals surface area contributed by atoms with E-state index in [9.17, 15) is 28.2 Å². The van der Waals surface area contributed by atoms with Crippen molar-refractivity contribution in [1.29, 1.82) is 0 Å². The Morgan fingerprint density at radius 2 is 2.03 bits per heavy atom. The third-order valence-electron chi connectivity index (χ3n) is 7.41. The average molecular weight is 520 g/mol. The van der Waals surface area contributed by atoms with E-state index in [-0.39, 0.29) is 38.1 Å². The minimum absolute atomic E-state index is 0.115. The Hall–Kier alpha value is -3.38. The van der Waals surface area contributed by atoms with Crippen molar-refractivity contribution in [2.75, 3.05) is 29.9 Å². The van der Waals surface area contributed by atoms with E-state index < -0.39 is 29.2 Å². The minimum atomic E-state index is -4.72. The zero-order chi connectivity index (χ0) is 26.6. The van der Waals surface area contributed by atoms with Gasteiger partial charge >= 0.3 is 6.18 Å². The second-order valence-electron chi connectivity index (χ2n) is 10.2. The number of benzene rings is 1. The molecule has 12 heteroatoms. The SMILES string of the molecule is C[C@]1(CO)Cc2cc(NC(=O)c3cnn4cccnc34)c(N3CCC([C@@](C)(O)C(F)(F)F)CC3)cc2O1. The standard InChI is InChI=1S/C25H28F3N5O4/c1-23(14-34)12-15-10-18(31-22(35)17-13-30-33-7-3-6-29-21(17)33)19(11-20(15)37-23)32-8-4-16(5-9-32)24(2,36)25(26,27)28/h3,6-7,10-11,13,16,34,36H,4-5,8-9,12,14H2,1-2H3,(H,31,35)/t23-,24-/m1/s1. The van der Waals surface area contributed by atoms with Gasteiger partial charge in [0.05, 0.1) is 24.2 Å². The van der Waals surface area contributed by atoms with Gasteiger partial charge in [0.1, 0.15) is 16.9 Å². The molecule has 0 radical (unpaired) electrons. The van der Waals surface area contributed by atoms with E-state index in [1.807, 2.05) is 4.90 Å². The Labute approximate surface area is 210 Å². The molecule has 1 saturated heterocycles. The summed E-state index contributed by atoms with van der Waals surface area (Å²) in [5.74, 6) is -0.838. The molecule has 2 aromatic heterocycles. The van der Waals surface area contributed by atoms with Gasteiger partial charge in [0, 0.05) is 43.5 Å². The van der Waals surface area contributed by atoms with Gasteiger partial charge < -0.3 is 25.2 Å². The molecule has 1 aromatic carbocycles. The smallest absolute Gasteiger partial charge is 0.417 e. The van der Waals surface area contributed by atoms with Crippen molar-refractivity contribution in [2.24, 2.45) is 5.92 Å². The van der Waals surface area contributed by atoms with Gasteiger partial charge in [-0.1, -0.05) is 0 Å². The lowest BCUT2D eigenvalue weighted by Crippen LogP contribution is -2.52. The quantitative estimate of drug-likeness (QED) is 0.475. The number of aromatic nitrogens is 3. The Morgan fingerprint density at radius 3 is 2.70 bits per heavy atom. The second kappa shape index (κ2) is 8.88. The maximum absolute atomic E-state index is 13.4. The number of anilines is 2. The fraction of sp³-hybridized carbons (Fsp3) is 0.480. The number of hydrogen-bond acceptors (Lipinski definition) is 7. The number of alkyl halides is 3. The molecular formula is C25H28F3N5O4. The first kappa shape index (κ1) is 25.3. The first-order valence-corrected chi connectivity index (χ1v) is 12.0. The lowest BCUT2D eigenvalue weighted by atomic mass is 9.81. The first-order valence-electron chi connectivity index (χ1n) is 12.0. The van der Waals surface area contributed by atoms with Crippen molar-refractivity contribution in [3.8, 4) is 5.75 Å². The van der Waals surface area contributed by atoms with Gasteiger partial charge in [-0.15, -0.1) is 0 Å². The summed E-state index contributed by atoms with van der Waals surface area (Å²) in [5.41, 5.74) is -1.10. The molecule has 2 aliphatic heterocycles. The lowest BCUT2D eigenvalue weighted by Gasteiger charge is -2.41. The van der Waals surface area contributed by atoms with E-state index in [0.29, 0.717) is 29.2 Å². The summed E-state index contributed by atoms with van der Waals surface area (Å²) in [5, 5.41) is 27.0. The van der Waals surface area contributed by atoms with Gasteiger partial charge in [-0.3, -0.25) is 4.79 Å². The third-order valence-corrected chi connectivity index (χ3v) is 7.41. The Kier molecular flexibility index (Phi) is 6.06. The van der Waals surface area contributed by atoms with Crippen molar-refractivity contribution in [2.45, 2.75) is 50.5 Å². The highest BCUT2D eigenvalue weighted by Gasteiger charge is 2.55. The molecule has 9 nitrogen and oxygen atoms in total. The average Bonchev–Trinajstić information content (AvgIpc) is 3.43. The van der Waals surface area contributed by atoms with Gasteiger partial charge in [-0.2, -0.15) is 18.3 Å². The summed E-state index contributed by atoms with van der Waals surface area (Å²) >= 11 is 0. The van der Waals surface area contributed by atoms with E-state index in [1.165, 1.54) is 10.7 Å². The summed E-state index contributed by atoms with van der Waals surface area (Å²) in [6.07, 6.45) is 0.582. The molecule has 1 amide bonds. The Balaban J connectivity index is 1.45. The normalized spacial score (nSPS) is 22.0. The number of piperidine rings is 1. The molecule has 5 rings (SSSR count). The van der Waals surface area contributed by atoms with Gasteiger partial charge in [0.15, 0.2) is 11.2 Å². The predicted octanol–water partition coefficient (Wildman–Crippen LogP) is 3.20. The van der Waals surface area contributed by atoms with Crippen LogP contribution < -0.4 is 15.0 Å². The molecular weight excluding hydrogens is 491 g/mol.